The van der Waals surface area contributed by atoms with Crippen LogP contribution in [0.4, 0.5) is 4.39 Å². The summed E-state index contributed by atoms with van der Waals surface area (Å²) in [6.07, 6.45) is 0. The molecule has 32 heavy (non-hydrogen) atoms. The van der Waals surface area contributed by atoms with Crippen molar-refractivity contribution in [2.45, 2.75) is 6.54 Å². The van der Waals surface area contributed by atoms with E-state index in [0.29, 0.717) is 28.0 Å². The van der Waals surface area contributed by atoms with Crippen LogP contribution in [0.5, 0.6) is 11.5 Å². The van der Waals surface area contributed by atoms with Crippen LogP contribution in [0.2, 0.25) is 0 Å². The second kappa shape index (κ2) is 8.89. The number of nitrogens with zero attached hydrogens (tertiary/aromatic N) is 2. The van der Waals surface area contributed by atoms with E-state index < -0.39 is 5.91 Å². The molecule has 1 aromatic heterocycles. The maximum atomic E-state index is 13.2. The van der Waals surface area contributed by atoms with Gasteiger partial charge in [-0.05, 0) is 35.9 Å². The maximum Gasteiger partial charge on any atom is 0.279 e. The number of ether oxygens (including phenoxy) is 2. The number of rotatable bonds is 6. The summed E-state index contributed by atoms with van der Waals surface area (Å²) in [6, 6.07) is 17.5. The van der Waals surface area contributed by atoms with Crippen molar-refractivity contribution in [2.24, 2.45) is 0 Å². The van der Waals surface area contributed by atoms with E-state index in [2.05, 4.69) is 10.4 Å². The van der Waals surface area contributed by atoms with Gasteiger partial charge in [0.1, 0.15) is 23.0 Å². The molecule has 0 saturated carbocycles. The molecule has 0 saturated heterocycles. The van der Waals surface area contributed by atoms with Crippen molar-refractivity contribution >= 4 is 16.7 Å². The molecular formula is C24H20FN3O4. The average Bonchev–Trinajstić information content (AvgIpc) is 2.83. The molecule has 0 aliphatic rings. The molecule has 8 heteroatoms. The second-order valence-electron chi connectivity index (χ2n) is 6.96. The van der Waals surface area contributed by atoms with Gasteiger partial charge in [0, 0.05) is 18.0 Å². The number of benzene rings is 3. The molecule has 0 atom stereocenters. The van der Waals surface area contributed by atoms with E-state index in [1.165, 1.54) is 26.4 Å². The van der Waals surface area contributed by atoms with Crippen LogP contribution in [0.15, 0.2) is 71.5 Å². The third kappa shape index (κ3) is 4.02. The van der Waals surface area contributed by atoms with Crippen LogP contribution in [0.3, 0.4) is 0 Å². The highest BCUT2D eigenvalue weighted by molar-refractivity contribution is 6.04. The Morgan fingerprint density at radius 2 is 1.72 bits per heavy atom. The van der Waals surface area contributed by atoms with Gasteiger partial charge in [-0.3, -0.25) is 9.59 Å². The summed E-state index contributed by atoms with van der Waals surface area (Å²) in [5.41, 5.74) is 0.796. The van der Waals surface area contributed by atoms with E-state index >= 15 is 0 Å². The Bertz CT molecular complexity index is 1350. The standard InChI is InChI=1S/C24H20FN3O4/c1-31-17-11-12-20(21(13-17)32-2)28-24(30)19-6-4-3-5-18(19)22(27-28)23(29)26-14-15-7-9-16(25)10-8-15/h3-13H,14H2,1-2H3,(H,26,29). The predicted molar refractivity (Wildman–Crippen MR) is 118 cm³/mol. The molecule has 0 bridgehead atoms. The van der Waals surface area contributed by atoms with E-state index in [0.717, 1.165) is 10.2 Å². The van der Waals surface area contributed by atoms with E-state index in [4.69, 9.17) is 9.47 Å². The van der Waals surface area contributed by atoms with E-state index in [-0.39, 0.29) is 23.6 Å². The van der Waals surface area contributed by atoms with Crippen LogP contribution in [0, 0.1) is 5.82 Å². The van der Waals surface area contributed by atoms with Crippen LogP contribution in [0.1, 0.15) is 16.1 Å². The van der Waals surface area contributed by atoms with Crippen molar-refractivity contribution < 1.29 is 18.7 Å². The zero-order valence-corrected chi connectivity index (χ0v) is 17.5. The summed E-state index contributed by atoms with van der Waals surface area (Å²) in [6.45, 7) is 0.181. The van der Waals surface area contributed by atoms with Crippen molar-refractivity contribution in [1.29, 1.82) is 0 Å². The normalized spacial score (nSPS) is 10.7. The zero-order chi connectivity index (χ0) is 22.7. The molecule has 0 aliphatic carbocycles. The first kappa shape index (κ1) is 21.0. The van der Waals surface area contributed by atoms with E-state index in [1.54, 1.807) is 54.6 Å². The lowest BCUT2D eigenvalue weighted by atomic mass is 10.1. The summed E-state index contributed by atoms with van der Waals surface area (Å²) < 4.78 is 24.9. The molecule has 0 spiro atoms. The van der Waals surface area contributed by atoms with E-state index in [1.807, 2.05) is 0 Å². The highest BCUT2D eigenvalue weighted by Gasteiger charge is 2.19. The van der Waals surface area contributed by atoms with Gasteiger partial charge in [0.05, 0.1) is 19.6 Å². The Morgan fingerprint density at radius 3 is 2.41 bits per heavy atom. The van der Waals surface area contributed by atoms with Crippen LogP contribution in [0.25, 0.3) is 16.5 Å². The number of hydrogen-bond donors (Lipinski definition) is 1. The lowest BCUT2D eigenvalue weighted by molar-refractivity contribution is 0.0946. The molecule has 3 aromatic carbocycles. The average molecular weight is 433 g/mol. The summed E-state index contributed by atoms with van der Waals surface area (Å²) in [5, 5.41) is 7.92. The van der Waals surface area contributed by atoms with Crippen LogP contribution < -0.4 is 20.3 Å². The smallest absolute Gasteiger partial charge is 0.279 e. The van der Waals surface area contributed by atoms with E-state index in [9.17, 15) is 14.0 Å². The van der Waals surface area contributed by atoms with Gasteiger partial charge in [-0.15, -0.1) is 0 Å². The number of amides is 1. The second-order valence-corrected chi connectivity index (χ2v) is 6.96. The molecule has 0 aliphatic heterocycles. The van der Waals surface area contributed by atoms with Crippen LogP contribution in [-0.2, 0) is 6.54 Å². The van der Waals surface area contributed by atoms with Gasteiger partial charge in [-0.2, -0.15) is 9.78 Å². The van der Waals surface area contributed by atoms with Gasteiger partial charge in [0.25, 0.3) is 11.5 Å². The zero-order valence-electron chi connectivity index (χ0n) is 17.5. The van der Waals surface area contributed by atoms with Gasteiger partial charge < -0.3 is 14.8 Å². The lowest BCUT2D eigenvalue weighted by Crippen LogP contribution is -2.30. The molecular weight excluding hydrogens is 413 g/mol. The molecule has 1 amide bonds. The largest absolute Gasteiger partial charge is 0.497 e. The Balaban J connectivity index is 1.79. The van der Waals surface area contributed by atoms with Crippen LogP contribution >= 0.6 is 0 Å². The predicted octanol–water partition coefficient (Wildman–Crippen LogP) is 3.47. The summed E-state index contributed by atoms with van der Waals surface area (Å²) in [7, 11) is 3.00. The van der Waals surface area contributed by atoms with Gasteiger partial charge in [-0.25, -0.2) is 4.39 Å². The minimum absolute atomic E-state index is 0.0835. The molecule has 162 valence electrons. The maximum absolute atomic E-state index is 13.2. The molecule has 7 nitrogen and oxygen atoms in total. The Labute approximate surface area is 183 Å². The minimum Gasteiger partial charge on any atom is -0.497 e. The third-order valence-corrected chi connectivity index (χ3v) is 5.00. The molecule has 4 rings (SSSR count). The van der Waals surface area contributed by atoms with Crippen LogP contribution in [-0.4, -0.2) is 29.9 Å². The molecule has 0 radical (unpaired) electrons. The van der Waals surface area contributed by atoms with Crippen molar-refractivity contribution in [3.63, 3.8) is 0 Å². The molecule has 1 N–H and O–H groups in total. The first-order chi connectivity index (χ1) is 15.5. The van der Waals surface area contributed by atoms with Gasteiger partial charge in [0.15, 0.2) is 5.69 Å². The van der Waals surface area contributed by atoms with Crippen molar-refractivity contribution in [3.8, 4) is 17.2 Å². The number of hydrogen-bond acceptors (Lipinski definition) is 5. The highest BCUT2D eigenvalue weighted by atomic mass is 19.1. The Morgan fingerprint density at radius 1 is 1.00 bits per heavy atom. The summed E-state index contributed by atoms with van der Waals surface area (Å²) in [5.74, 6) is 0.101. The van der Waals surface area contributed by atoms with Crippen molar-refractivity contribution in [2.75, 3.05) is 14.2 Å². The SMILES string of the molecule is COc1ccc(-n2nc(C(=O)NCc3ccc(F)cc3)c3ccccc3c2=O)c(OC)c1. The fraction of sp³-hybridized carbons (Fsp3) is 0.125. The fourth-order valence-corrected chi connectivity index (χ4v) is 3.35. The highest BCUT2D eigenvalue weighted by Crippen LogP contribution is 2.27. The number of aromatic nitrogens is 2. The lowest BCUT2D eigenvalue weighted by Gasteiger charge is -2.14. The number of fused-ring (bicyclic) bond motifs is 1. The number of halogens is 1. The Hall–Kier alpha value is -4.20. The first-order valence-electron chi connectivity index (χ1n) is 9.79. The monoisotopic (exact) mass is 433 g/mol. The number of carbonyl (C=O) groups excluding carboxylic acids is 1. The van der Waals surface area contributed by atoms with Gasteiger partial charge >= 0.3 is 0 Å². The topological polar surface area (TPSA) is 82.5 Å². The summed E-state index contributed by atoms with van der Waals surface area (Å²) in [4.78, 5) is 26.2. The molecule has 1 heterocycles. The fourth-order valence-electron chi connectivity index (χ4n) is 3.35. The molecule has 0 unspecified atom stereocenters. The minimum atomic E-state index is -0.466. The first-order valence-corrected chi connectivity index (χ1v) is 9.79. The Kier molecular flexibility index (Phi) is 5.85. The third-order valence-electron chi connectivity index (χ3n) is 5.00. The van der Waals surface area contributed by atoms with Crippen molar-refractivity contribution in [1.82, 2.24) is 15.1 Å². The number of carbonyl (C=O) groups is 1. The quantitative estimate of drug-likeness (QED) is 0.504. The van der Waals surface area contributed by atoms with Gasteiger partial charge in [0.2, 0.25) is 0 Å². The molecule has 4 aromatic rings. The molecule has 0 fully saturated rings. The summed E-state index contributed by atoms with van der Waals surface area (Å²) >= 11 is 0. The number of nitrogens with one attached hydrogen (secondary N) is 1. The van der Waals surface area contributed by atoms with Crippen molar-refractivity contribution in [3.05, 3.63) is 94.2 Å². The van der Waals surface area contributed by atoms with Gasteiger partial charge in [-0.1, -0.05) is 30.3 Å². The number of methoxy groups -OCH3 is 2.